The van der Waals surface area contributed by atoms with Gasteiger partial charge >= 0.3 is 0 Å². The average Bonchev–Trinajstić information content (AvgIpc) is 2.94. The minimum absolute atomic E-state index is 0.0165. The van der Waals surface area contributed by atoms with Crippen molar-refractivity contribution in [2.24, 2.45) is 0 Å². The fourth-order valence-electron chi connectivity index (χ4n) is 3.89. The zero-order valence-electron chi connectivity index (χ0n) is 22.8. The fourth-order valence-corrected chi connectivity index (χ4v) is 5.88. The number of anilines is 1. The maximum absolute atomic E-state index is 13.9. The molecule has 2 amide bonds. The Bertz CT molecular complexity index is 1420. The topological polar surface area (TPSA) is 96.0 Å². The largest absolute Gasteiger partial charge is 0.497 e. The number of carbonyl (C=O) groups excluding carboxylic acids is 2. The van der Waals surface area contributed by atoms with Crippen LogP contribution in [0.15, 0.2) is 82.2 Å². The van der Waals surface area contributed by atoms with E-state index in [0.717, 1.165) is 20.8 Å². The van der Waals surface area contributed by atoms with Crippen LogP contribution in [0.4, 0.5) is 5.69 Å². The Balaban J connectivity index is 2.02. The summed E-state index contributed by atoms with van der Waals surface area (Å²) < 4.78 is 34.7. The van der Waals surface area contributed by atoms with Crippen LogP contribution in [-0.4, -0.2) is 50.9 Å². The van der Waals surface area contributed by atoms with Crippen LogP contribution in [0.3, 0.4) is 0 Å². The summed E-state index contributed by atoms with van der Waals surface area (Å²) in [6.07, 6.45) is 0.725. The van der Waals surface area contributed by atoms with Crippen LogP contribution in [0.1, 0.15) is 32.8 Å². The van der Waals surface area contributed by atoms with Crippen molar-refractivity contribution in [2.45, 2.75) is 50.7 Å². The molecule has 0 heterocycles. The summed E-state index contributed by atoms with van der Waals surface area (Å²) in [4.78, 5) is 28.4. The van der Waals surface area contributed by atoms with Crippen molar-refractivity contribution < 1.29 is 22.7 Å². The van der Waals surface area contributed by atoms with E-state index < -0.39 is 28.5 Å². The second-order valence-electron chi connectivity index (χ2n) is 9.31. The second kappa shape index (κ2) is 14.0. The highest BCUT2D eigenvalue weighted by Gasteiger charge is 2.32. The van der Waals surface area contributed by atoms with E-state index in [1.165, 1.54) is 48.4 Å². The Hall–Kier alpha value is -3.08. The molecule has 0 aliphatic heterocycles. The van der Waals surface area contributed by atoms with Gasteiger partial charge in [0.2, 0.25) is 11.8 Å². The van der Waals surface area contributed by atoms with Crippen molar-refractivity contribution in [2.75, 3.05) is 18.0 Å². The first-order valence-electron chi connectivity index (χ1n) is 12.7. The highest BCUT2D eigenvalue weighted by molar-refractivity contribution is 9.10. The van der Waals surface area contributed by atoms with E-state index in [1.54, 1.807) is 19.1 Å². The van der Waals surface area contributed by atoms with Gasteiger partial charge in [0.05, 0.1) is 17.7 Å². The molecule has 8 nitrogen and oxygen atoms in total. The lowest BCUT2D eigenvalue weighted by Gasteiger charge is -2.32. The Morgan fingerprint density at radius 3 is 2.25 bits per heavy atom. The Kier molecular flexibility index (Phi) is 11.0. The lowest BCUT2D eigenvalue weighted by molar-refractivity contribution is -0.139. The Morgan fingerprint density at radius 2 is 1.68 bits per heavy atom. The molecule has 0 aliphatic rings. The first kappa shape index (κ1) is 31.4. The molecular weight excluding hydrogens is 618 g/mol. The number of hydrogen-bond donors (Lipinski definition) is 1. The zero-order chi connectivity index (χ0) is 29.4. The van der Waals surface area contributed by atoms with Crippen molar-refractivity contribution >= 4 is 55.1 Å². The van der Waals surface area contributed by atoms with Crippen molar-refractivity contribution in [3.05, 3.63) is 87.9 Å². The van der Waals surface area contributed by atoms with Crippen LogP contribution >= 0.6 is 27.5 Å². The van der Waals surface area contributed by atoms with Crippen LogP contribution in [0.5, 0.6) is 5.75 Å². The number of hydrogen-bond acceptors (Lipinski definition) is 5. The zero-order valence-corrected chi connectivity index (χ0v) is 26.0. The van der Waals surface area contributed by atoms with Crippen LogP contribution in [0, 0.1) is 0 Å². The molecule has 0 radical (unpaired) electrons. The molecule has 3 aromatic rings. The number of sulfonamides is 1. The maximum atomic E-state index is 13.9. The SMILES string of the molecule is CC[C@H](C)NC(=O)[C@@H](C)N(Cc1cccc(Br)c1)C(=O)CN(c1ccc(Cl)cc1)S(=O)(=O)c1ccc(OC)cc1. The number of nitrogens with zero attached hydrogens (tertiary/aromatic N) is 2. The molecule has 1 N–H and O–H groups in total. The first-order valence-corrected chi connectivity index (χ1v) is 15.3. The molecule has 40 heavy (non-hydrogen) atoms. The summed E-state index contributed by atoms with van der Waals surface area (Å²) in [6, 6.07) is 18.5. The van der Waals surface area contributed by atoms with Crippen molar-refractivity contribution in [1.29, 1.82) is 0 Å². The van der Waals surface area contributed by atoms with Crippen molar-refractivity contribution in [3.63, 3.8) is 0 Å². The Labute approximate surface area is 249 Å². The quantitative estimate of drug-likeness (QED) is 0.274. The number of amides is 2. The van der Waals surface area contributed by atoms with Gasteiger partial charge in [0, 0.05) is 22.1 Å². The van der Waals surface area contributed by atoms with E-state index in [9.17, 15) is 18.0 Å². The molecule has 0 saturated carbocycles. The van der Waals surface area contributed by atoms with Crippen LogP contribution < -0.4 is 14.4 Å². The van der Waals surface area contributed by atoms with E-state index in [4.69, 9.17) is 16.3 Å². The molecule has 0 aromatic heterocycles. The lowest BCUT2D eigenvalue weighted by Crippen LogP contribution is -2.52. The molecule has 0 bridgehead atoms. The summed E-state index contributed by atoms with van der Waals surface area (Å²) in [5, 5.41) is 3.34. The molecule has 11 heteroatoms. The van der Waals surface area contributed by atoms with E-state index >= 15 is 0 Å². The summed E-state index contributed by atoms with van der Waals surface area (Å²) in [6.45, 7) is 5.04. The molecule has 0 unspecified atom stereocenters. The lowest BCUT2D eigenvalue weighted by atomic mass is 10.1. The van der Waals surface area contributed by atoms with Gasteiger partial charge in [-0.15, -0.1) is 0 Å². The number of ether oxygens (including phenoxy) is 1. The highest BCUT2D eigenvalue weighted by atomic mass is 79.9. The van der Waals surface area contributed by atoms with Gasteiger partial charge in [-0.05, 0) is 86.5 Å². The van der Waals surface area contributed by atoms with Gasteiger partial charge in [0.15, 0.2) is 0 Å². The summed E-state index contributed by atoms with van der Waals surface area (Å²) >= 11 is 9.51. The second-order valence-corrected chi connectivity index (χ2v) is 12.5. The van der Waals surface area contributed by atoms with E-state index in [2.05, 4.69) is 21.2 Å². The highest BCUT2D eigenvalue weighted by Crippen LogP contribution is 2.27. The van der Waals surface area contributed by atoms with Crippen LogP contribution in [0.25, 0.3) is 0 Å². The number of nitrogens with one attached hydrogen (secondary N) is 1. The molecule has 0 fully saturated rings. The number of methoxy groups -OCH3 is 1. The van der Waals surface area contributed by atoms with Gasteiger partial charge in [-0.25, -0.2) is 8.42 Å². The van der Waals surface area contributed by atoms with Gasteiger partial charge in [-0.3, -0.25) is 13.9 Å². The average molecular weight is 651 g/mol. The van der Waals surface area contributed by atoms with Crippen molar-refractivity contribution in [1.82, 2.24) is 10.2 Å². The van der Waals surface area contributed by atoms with Crippen molar-refractivity contribution in [3.8, 4) is 5.75 Å². The van der Waals surface area contributed by atoms with Crippen LogP contribution in [-0.2, 0) is 26.2 Å². The molecule has 0 aliphatic carbocycles. The number of rotatable bonds is 12. The summed E-state index contributed by atoms with van der Waals surface area (Å²) in [5.74, 6) is -0.373. The third-order valence-corrected chi connectivity index (χ3v) is 8.98. The smallest absolute Gasteiger partial charge is 0.264 e. The maximum Gasteiger partial charge on any atom is 0.264 e. The van der Waals surface area contributed by atoms with Gasteiger partial charge in [-0.2, -0.15) is 0 Å². The predicted molar refractivity (Wildman–Crippen MR) is 161 cm³/mol. The minimum atomic E-state index is -4.19. The van der Waals surface area contributed by atoms with Gasteiger partial charge < -0.3 is 15.0 Å². The van der Waals surface area contributed by atoms with Gasteiger partial charge in [-0.1, -0.05) is 46.6 Å². The molecule has 0 saturated heterocycles. The normalized spacial score (nSPS) is 12.8. The summed E-state index contributed by atoms with van der Waals surface area (Å²) in [5.41, 5.74) is 1.04. The summed E-state index contributed by atoms with van der Waals surface area (Å²) in [7, 11) is -2.70. The third kappa shape index (κ3) is 7.99. The molecule has 214 valence electrons. The molecule has 3 aromatic carbocycles. The monoisotopic (exact) mass is 649 g/mol. The number of benzene rings is 3. The molecular formula is C29H33BrClN3O5S. The minimum Gasteiger partial charge on any atom is -0.497 e. The fraction of sp³-hybridized carbons (Fsp3) is 0.310. The third-order valence-electron chi connectivity index (χ3n) is 6.45. The standard InChI is InChI=1S/C29H33BrClN3O5S/c1-5-20(2)32-29(36)21(3)33(18-22-7-6-8-23(30)17-22)28(35)19-34(25-11-9-24(31)10-12-25)40(37,38)27-15-13-26(39-4)14-16-27/h6-17,20-21H,5,18-19H2,1-4H3,(H,32,36)/t20-,21+/m0/s1. The molecule has 3 rings (SSSR count). The van der Waals surface area contributed by atoms with E-state index in [-0.39, 0.29) is 29.1 Å². The van der Waals surface area contributed by atoms with Gasteiger partial charge in [0.25, 0.3) is 10.0 Å². The van der Waals surface area contributed by atoms with Crippen LogP contribution in [0.2, 0.25) is 5.02 Å². The van der Waals surface area contributed by atoms with E-state index in [0.29, 0.717) is 10.8 Å². The molecule has 0 spiro atoms. The van der Waals surface area contributed by atoms with E-state index in [1.807, 2.05) is 38.1 Å². The number of carbonyl (C=O) groups is 2. The predicted octanol–water partition coefficient (Wildman–Crippen LogP) is 5.64. The van der Waals surface area contributed by atoms with Gasteiger partial charge in [0.1, 0.15) is 18.3 Å². The Morgan fingerprint density at radius 1 is 1.02 bits per heavy atom. The molecule has 2 atom stereocenters. The number of halogens is 2. The first-order chi connectivity index (χ1) is 19.0.